The molecule has 8 heteroatoms. The minimum Gasteiger partial charge on any atom is -0.298 e. The minimum atomic E-state index is -0.248. The van der Waals surface area contributed by atoms with Crippen LogP contribution in [0.15, 0.2) is 36.5 Å². The Bertz CT molecular complexity index is 827. The van der Waals surface area contributed by atoms with Gasteiger partial charge in [0.15, 0.2) is 12.2 Å². The van der Waals surface area contributed by atoms with E-state index in [9.17, 15) is 9.70 Å². The van der Waals surface area contributed by atoms with E-state index in [1.807, 2.05) is 6.08 Å². The molecule has 1 aromatic carbocycles. The van der Waals surface area contributed by atoms with Gasteiger partial charge in [-0.05, 0) is 36.5 Å². The zero-order valence-corrected chi connectivity index (χ0v) is 17.8. The predicted octanol–water partition coefficient (Wildman–Crippen LogP) is 6.01. The lowest BCUT2D eigenvalue weighted by atomic mass is 9.92. The number of halogens is 1. The summed E-state index contributed by atoms with van der Waals surface area (Å²) in [5.74, 6) is 0.0481. The van der Waals surface area contributed by atoms with E-state index in [1.165, 1.54) is 24.6 Å². The maximum absolute atomic E-state index is 13.0. The highest BCUT2D eigenvalue weighted by Gasteiger charge is 2.19. The van der Waals surface area contributed by atoms with Gasteiger partial charge in [0.05, 0.1) is 11.1 Å². The van der Waals surface area contributed by atoms with Crippen molar-refractivity contribution in [2.24, 2.45) is 5.92 Å². The van der Waals surface area contributed by atoms with Crippen LogP contribution in [0.25, 0.3) is 5.57 Å². The highest BCUT2D eigenvalue weighted by molar-refractivity contribution is 7.19. The third-order valence-corrected chi connectivity index (χ3v) is 5.25. The van der Waals surface area contributed by atoms with Crippen LogP contribution >= 0.6 is 22.9 Å². The summed E-state index contributed by atoms with van der Waals surface area (Å²) >= 11 is 7.12. The molecule has 0 saturated heterocycles. The lowest BCUT2D eigenvalue weighted by Gasteiger charge is -2.14. The number of benzene rings is 1. The highest BCUT2D eigenvalue weighted by atomic mass is 35.5. The molecular weight excluding hydrogens is 398 g/mol. The van der Waals surface area contributed by atoms with Crippen LogP contribution in [0.2, 0.25) is 4.34 Å². The molecule has 0 unspecified atom stereocenters. The number of allylic oxidation sites excluding steroid dienone is 1. The van der Waals surface area contributed by atoms with Gasteiger partial charge in [-0.1, -0.05) is 55.7 Å². The fourth-order valence-corrected chi connectivity index (χ4v) is 3.74. The fraction of sp³-hybridized carbons (Fsp3) is 0.400. The SMILES string of the molecule is CCCC(/C=C(/C(=O)Nc1ncc(Cl)s1)c1ccc([N+](=O)OC)cc1)CCC. The van der Waals surface area contributed by atoms with Gasteiger partial charge in [0.25, 0.3) is 10.8 Å². The monoisotopic (exact) mass is 422 g/mol. The van der Waals surface area contributed by atoms with Crippen LogP contribution in [-0.4, -0.2) is 22.9 Å². The molecule has 0 fully saturated rings. The molecule has 0 saturated carbocycles. The van der Waals surface area contributed by atoms with Crippen LogP contribution in [0.1, 0.15) is 45.1 Å². The molecule has 0 aliphatic heterocycles. The van der Waals surface area contributed by atoms with Crippen molar-refractivity contribution in [2.45, 2.75) is 39.5 Å². The summed E-state index contributed by atoms with van der Waals surface area (Å²) < 4.78 is 0.509. The van der Waals surface area contributed by atoms with E-state index in [2.05, 4.69) is 29.0 Å². The first-order chi connectivity index (χ1) is 13.5. The summed E-state index contributed by atoms with van der Waals surface area (Å²) in [5.41, 5.74) is 1.64. The number of nitrogens with zero attached hydrogens (tertiary/aromatic N) is 2. The number of anilines is 1. The van der Waals surface area contributed by atoms with Crippen molar-refractivity contribution in [2.75, 3.05) is 12.4 Å². The van der Waals surface area contributed by atoms with Crippen molar-refractivity contribution in [3.05, 3.63) is 51.3 Å². The van der Waals surface area contributed by atoms with Gasteiger partial charge in [0.2, 0.25) is 0 Å². The molecule has 1 amide bonds. The number of hydrogen-bond acceptors (Lipinski definition) is 5. The van der Waals surface area contributed by atoms with E-state index in [1.54, 1.807) is 24.3 Å². The van der Waals surface area contributed by atoms with Crippen LogP contribution in [0.3, 0.4) is 0 Å². The Morgan fingerprint density at radius 1 is 1.29 bits per heavy atom. The largest absolute Gasteiger partial charge is 0.316 e. The number of amides is 1. The molecule has 1 N–H and O–H groups in total. The second kappa shape index (κ2) is 10.9. The molecule has 1 aromatic heterocycles. The van der Waals surface area contributed by atoms with Crippen molar-refractivity contribution in [1.29, 1.82) is 0 Å². The van der Waals surface area contributed by atoms with E-state index >= 15 is 0 Å². The number of thiazole rings is 1. The van der Waals surface area contributed by atoms with Gasteiger partial charge in [-0.15, -0.1) is 0 Å². The quantitative estimate of drug-likeness (QED) is 0.376. The zero-order valence-electron chi connectivity index (χ0n) is 16.3. The Labute approximate surface area is 174 Å². The van der Waals surface area contributed by atoms with Gasteiger partial charge < -0.3 is 0 Å². The molecule has 2 aromatic rings. The first-order valence-electron chi connectivity index (χ1n) is 9.24. The Morgan fingerprint density at radius 2 is 1.93 bits per heavy atom. The maximum Gasteiger partial charge on any atom is 0.316 e. The minimum absolute atomic E-state index is 0.248. The van der Waals surface area contributed by atoms with Crippen LogP contribution in [0.4, 0.5) is 10.8 Å². The number of hydrogen-bond donors (Lipinski definition) is 1. The Kier molecular flexibility index (Phi) is 8.60. The normalized spacial score (nSPS) is 11.5. The Hall–Kier alpha value is -2.25. The number of carbonyl (C=O) groups is 1. The number of carbonyl (C=O) groups excluding carboxylic acids is 1. The lowest BCUT2D eigenvalue weighted by molar-refractivity contribution is -0.736. The molecular formula is C20H25ClN3O3S+. The van der Waals surface area contributed by atoms with Gasteiger partial charge in [-0.3, -0.25) is 10.1 Å². The van der Waals surface area contributed by atoms with Gasteiger partial charge in [0.1, 0.15) is 4.34 Å². The smallest absolute Gasteiger partial charge is 0.298 e. The van der Waals surface area contributed by atoms with E-state index in [0.717, 1.165) is 31.2 Å². The first kappa shape index (κ1) is 22.0. The fourth-order valence-electron chi connectivity index (χ4n) is 2.94. The summed E-state index contributed by atoms with van der Waals surface area (Å²) in [4.78, 5) is 33.8. The van der Waals surface area contributed by atoms with Gasteiger partial charge in [0, 0.05) is 17.7 Å². The third kappa shape index (κ3) is 6.14. The molecule has 1 heterocycles. The molecule has 2 rings (SSSR count). The summed E-state index contributed by atoms with van der Waals surface area (Å²) in [6, 6.07) is 6.74. The molecule has 0 aliphatic rings. The van der Waals surface area contributed by atoms with Gasteiger partial charge >= 0.3 is 5.69 Å². The van der Waals surface area contributed by atoms with Crippen LogP contribution in [-0.2, 0) is 9.63 Å². The standard InChI is InChI=1S/C20H24ClN3O3S/c1-4-6-14(7-5-2)12-17(19(25)23-20-22-13-18(21)28-20)15-8-10-16(11-9-15)24(26)27-3/h8-14H,4-7H2,1-3H3/p+1/b17-12+. The van der Waals surface area contributed by atoms with Gasteiger partial charge in [-0.25, -0.2) is 9.82 Å². The average Bonchev–Trinajstić information content (AvgIpc) is 3.10. The number of rotatable bonds is 10. The molecule has 6 nitrogen and oxygen atoms in total. The predicted molar refractivity (Wildman–Crippen MR) is 114 cm³/mol. The molecule has 0 bridgehead atoms. The Balaban J connectivity index is 2.36. The third-order valence-electron chi connectivity index (χ3n) is 4.22. The van der Waals surface area contributed by atoms with Crippen molar-refractivity contribution < 1.29 is 14.6 Å². The Morgan fingerprint density at radius 3 is 2.43 bits per heavy atom. The summed E-state index contributed by atoms with van der Waals surface area (Å²) in [6.07, 6.45) is 7.61. The topological polar surface area (TPSA) is 71.3 Å². The number of nitrogens with one attached hydrogen (secondary N) is 1. The average molecular weight is 423 g/mol. The molecule has 28 heavy (non-hydrogen) atoms. The van der Waals surface area contributed by atoms with Crippen LogP contribution in [0, 0.1) is 10.8 Å². The summed E-state index contributed by atoms with van der Waals surface area (Å²) in [7, 11) is 1.30. The maximum atomic E-state index is 13.0. The molecule has 0 aliphatic carbocycles. The molecule has 150 valence electrons. The molecule has 0 atom stereocenters. The van der Waals surface area contributed by atoms with Gasteiger partial charge in [-0.2, -0.15) is 0 Å². The van der Waals surface area contributed by atoms with E-state index < -0.39 is 0 Å². The summed E-state index contributed by atoms with van der Waals surface area (Å²) in [6.45, 7) is 4.27. The molecule has 0 radical (unpaired) electrons. The first-order valence-corrected chi connectivity index (χ1v) is 10.4. The molecule has 0 spiro atoms. The second-order valence-corrected chi connectivity index (χ2v) is 7.99. The van der Waals surface area contributed by atoms with E-state index in [0.29, 0.717) is 31.6 Å². The van der Waals surface area contributed by atoms with Crippen molar-refractivity contribution in [3.8, 4) is 0 Å². The van der Waals surface area contributed by atoms with Crippen LogP contribution in [0.5, 0.6) is 0 Å². The lowest BCUT2D eigenvalue weighted by Crippen LogP contribution is -2.15. The van der Waals surface area contributed by atoms with Crippen LogP contribution < -0.4 is 5.32 Å². The second-order valence-electron chi connectivity index (χ2n) is 6.33. The highest BCUT2D eigenvalue weighted by Crippen LogP contribution is 2.27. The van der Waals surface area contributed by atoms with Crippen molar-refractivity contribution in [1.82, 2.24) is 4.98 Å². The zero-order chi connectivity index (χ0) is 20.5. The number of aromatic nitrogens is 1. The van der Waals surface area contributed by atoms with Crippen molar-refractivity contribution >= 4 is 45.2 Å². The van der Waals surface area contributed by atoms with E-state index in [4.69, 9.17) is 11.6 Å². The summed E-state index contributed by atoms with van der Waals surface area (Å²) in [5, 5.41) is 3.27. The van der Waals surface area contributed by atoms with Crippen molar-refractivity contribution in [3.63, 3.8) is 0 Å². The van der Waals surface area contributed by atoms with E-state index in [-0.39, 0.29) is 5.91 Å².